The van der Waals surface area contributed by atoms with Gasteiger partial charge >= 0.3 is 0 Å². The Hall–Kier alpha value is -2.94. The first-order chi connectivity index (χ1) is 12.3. The van der Waals surface area contributed by atoms with E-state index >= 15 is 0 Å². The topological polar surface area (TPSA) is 17.8 Å². The second-order valence-electron chi connectivity index (χ2n) is 6.75. The molecule has 0 radical (unpaired) electrons. The van der Waals surface area contributed by atoms with Gasteiger partial charge in [-0.05, 0) is 60.4 Å². The molecule has 3 aromatic carbocycles. The number of fused-ring (bicyclic) bond motifs is 1. The Morgan fingerprint density at radius 3 is 2.32 bits per heavy atom. The second-order valence-corrected chi connectivity index (χ2v) is 6.75. The summed E-state index contributed by atoms with van der Waals surface area (Å²) in [5, 5.41) is 5.62. The van der Waals surface area contributed by atoms with Gasteiger partial charge in [0.1, 0.15) is 5.82 Å². The van der Waals surface area contributed by atoms with Crippen LogP contribution in [0, 0.1) is 5.82 Å². The molecule has 1 heterocycles. The van der Waals surface area contributed by atoms with Crippen LogP contribution in [-0.4, -0.2) is 9.78 Å². The number of aromatic nitrogens is 2. The van der Waals surface area contributed by atoms with Crippen molar-refractivity contribution in [2.24, 2.45) is 0 Å². The molecule has 1 aliphatic rings. The van der Waals surface area contributed by atoms with Crippen LogP contribution in [0.4, 0.5) is 4.39 Å². The van der Waals surface area contributed by atoms with Crippen molar-refractivity contribution in [1.29, 1.82) is 0 Å². The molecule has 122 valence electrons. The molecular formula is C22H17FN2. The summed E-state index contributed by atoms with van der Waals surface area (Å²) < 4.78 is 15.0. The highest BCUT2D eigenvalue weighted by molar-refractivity contribution is 5.81. The van der Waals surface area contributed by atoms with Gasteiger partial charge in [-0.1, -0.05) is 36.4 Å². The molecule has 3 heteroatoms. The van der Waals surface area contributed by atoms with Crippen LogP contribution >= 0.6 is 0 Å². The fourth-order valence-electron chi connectivity index (χ4n) is 3.74. The Morgan fingerprint density at radius 1 is 0.840 bits per heavy atom. The molecule has 1 fully saturated rings. The lowest BCUT2D eigenvalue weighted by Crippen LogP contribution is -2.08. The van der Waals surface area contributed by atoms with E-state index < -0.39 is 0 Å². The van der Waals surface area contributed by atoms with Crippen molar-refractivity contribution >= 4 is 10.9 Å². The van der Waals surface area contributed by atoms with E-state index in [1.807, 2.05) is 10.9 Å². The third kappa shape index (κ3) is 2.27. The van der Waals surface area contributed by atoms with Crippen LogP contribution in [0.2, 0.25) is 0 Å². The molecule has 0 saturated heterocycles. The summed E-state index contributed by atoms with van der Waals surface area (Å²) >= 11 is 0. The molecule has 0 amide bonds. The molecule has 2 nitrogen and oxygen atoms in total. The molecule has 25 heavy (non-hydrogen) atoms. The fraction of sp³-hybridized carbons (Fsp3) is 0.136. The molecule has 5 rings (SSSR count). The lowest BCUT2D eigenvalue weighted by molar-refractivity contribution is 0.627. The van der Waals surface area contributed by atoms with E-state index in [-0.39, 0.29) is 11.2 Å². The Morgan fingerprint density at radius 2 is 1.60 bits per heavy atom. The smallest absolute Gasteiger partial charge is 0.123 e. The minimum absolute atomic E-state index is 0.160. The first kappa shape index (κ1) is 14.4. The number of halogens is 1. The minimum atomic E-state index is -0.235. The predicted molar refractivity (Wildman–Crippen MR) is 97.5 cm³/mol. The van der Waals surface area contributed by atoms with Crippen LogP contribution in [0.25, 0.3) is 16.6 Å². The molecular weight excluding hydrogens is 311 g/mol. The van der Waals surface area contributed by atoms with Crippen molar-refractivity contribution in [3.05, 3.63) is 95.9 Å². The maximum absolute atomic E-state index is 13.2. The summed E-state index contributed by atoms with van der Waals surface area (Å²) in [6.45, 7) is 0. The quantitative estimate of drug-likeness (QED) is 0.502. The van der Waals surface area contributed by atoms with Crippen LogP contribution < -0.4 is 0 Å². The van der Waals surface area contributed by atoms with Gasteiger partial charge in [0, 0.05) is 10.8 Å². The predicted octanol–water partition coefficient (Wildman–Crippen LogP) is 5.24. The van der Waals surface area contributed by atoms with Crippen molar-refractivity contribution in [2.45, 2.75) is 18.3 Å². The van der Waals surface area contributed by atoms with E-state index in [0.29, 0.717) is 0 Å². The zero-order chi connectivity index (χ0) is 16.9. The largest absolute Gasteiger partial charge is 0.233 e. The average molecular weight is 328 g/mol. The molecule has 4 aromatic rings. The molecule has 0 aliphatic heterocycles. The van der Waals surface area contributed by atoms with Crippen LogP contribution in [-0.2, 0) is 5.41 Å². The molecule has 0 unspecified atom stereocenters. The number of nitrogens with zero attached hydrogens (tertiary/aromatic N) is 2. The molecule has 1 saturated carbocycles. The van der Waals surface area contributed by atoms with Gasteiger partial charge < -0.3 is 0 Å². The molecule has 0 bridgehead atoms. The lowest BCUT2D eigenvalue weighted by atomic mass is 9.87. The van der Waals surface area contributed by atoms with Gasteiger partial charge in [0.25, 0.3) is 0 Å². The van der Waals surface area contributed by atoms with Crippen molar-refractivity contribution in [1.82, 2.24) is 9.78 Å². The van der Waals surface area contributed by atoms with E-state index in [2.05, 4.69) is 53.6 Å². The average Bonchev–Trinajstić information content (AvgIpc) is 3.37. The zero-order valence-electron chi connectivity index (χ0n) is 13.7. The Kier molecular flexibility index (Phi) is 3.04. The van der Waals surface area contributed by atoms with E-state index in [1.165, 1.54) is 36.1 Å². The Balaban J connectivity index is 1.59. The standard InChI is InChI=1S/C22H17FN2/c23-19-7-9-20(10-8-19)25-21-11-6-18(14-16(21)15-24-25)22(12-13-22)17-4-2-1-3-5-17/h1-11,14-15H,12-13H2. The van der Waals surface area contributed by atoms with Crippen molar-refractivity contribution in [3.8, 4) is 5.69 Å². The van der Waals surface area contributed by atoms with Crippen LogP contribution in [0.15, 0.2) is 79.0 Å². The SMILES string of the molecule is Fc1ccc(-n2ncc3cc(C4(c5ccccc5)CC4)ccc32)cc1. The van der Waals surface area contributed by atoms with Gasteiger partial charge in [0.05, 0.1) is 17.4 Å². The van der Waals surface area contributed by atoms with E-state index in [9.17, 15) is 4.39 Å². The minimum Gasteiger partial charge on any atom is -0.233 e. The molecule has 0 spiro atoms. The van der Waals surface area contributed by atoms with Gasteiger partial charge in [-0.2, -0.15) is 5.10 Å². The highest BCUT2D eigenvalue weighted by Gasteiger charge is 2.45. The van der Waals surface area contributed by atoms with Crippen molar-refractivity contribution < 1.29 is 4.39 Å². The molecule has 1 aromatic heterocycles. The van der Waals surface area contributed by atoms with Gasteiger partial charge in [-0.15, -0.1) is 0 Å². The summed E-state index contributed by atoms with van der Waals surface area (Å²) in [6.07, 6.45) is 4.27. The second kappa shape index (κ2) is 5.28. The monoisotopic (exact) mass is 328 g/mol. The molecule has 0 N–H and O–H groups in total. The lowest BCUT2D eigenvalue weighted by Gasteiger charge is -2.16. The van der Waals surface area contributed by atoms with Crippen LogP contribution in [0.3, 0.4) is 0 Å². The highest BCUT2D eigenvalue weighted by atomic mass is 19.1. The number of hydrogen-bond acceptors (Lipinski definition) is 1. The molecule has 0 atom stereocenters. The maximum Gasteiger partial charge on any atom is 0.123 e. The van der Waals surface area contributed by atoms with E-state index in [4.69, 9.17) is 0 Å². The van der Waals surface area contributed by atoms with E-state index in [0.717, 1.165) is 16.6 Å². The third-order valence-electron chi connectivity index (χ3n) is 5.27. The first-order valence-corrected chi connectivity index (χ1v) is 8.56. The van der Waals surface area contributed by atoms with E-state index in [1.54, 1.807) is 12.1 Å². The maximum atomic E-state index is 13.2. The summed E-state index contributed by atoms with van der Waals surface area (Å²) in [5.41, 5.74) is 4.81. The normalized spacial score (nSPS) is 15.4. The highest BCUT2D eigenvalue weighted by Crippen LogP contribution is 2.53. The van der Waals surface area contributed by atoms with Crippen LogP contribution in [0.5, 0.6) is 0 Å². The fourth-order valence-corrected chi connectivity index (χ4v) is 3.74. The van der Waals surface area contributed by atoms with Gasteiger partial charge in [0.2, 0.25) is 0 Å². The Labute approximate surface area is 145 Å². The Bertz CT molecular complexity index is 1040. The summed E-state index contributed by atoms with van der Waals surface area (Å²) in [6, 6.07) is 23.8. The summed E-state index contributed by atoms with van der Waals surface area (Å²) in [5.74, 6) is -0.235. The number of benzene rings is 3. The van der Waals surface area contributed by atoms with Crippen molar-refractivity contribution in [2.75, 3.05) is 0 Å². The van der Waals surface area contributed by atoms with Gasteiger partial charge in [-0.3, -0.25) is 0 Å². The number of hydrogen-bond donors (Lipinski definition) is 0. The summed E-state index contributed by atoms with van der Waals surface area (Å²) in [7, 11) is 0. The van der Waals surface area contributed by atoms with Crippen molar-refractivity contribution in [3.63, 3.8) is 0 Å². The van der Waals surface area contributed by atoms with Crippen LogP contribution in [0.1, 0.15) is 24.0 Å². The van der Waals surface area contributed by atoms with Gasteiger partial charge in [-0.25, -0.2) is 9.07 Å². The zero-order valence-corrected chi connectivity index (χ0v) is 13.7. The molecule has 1 aliphatic carbocycles. The van der Waals surface area contributed by atoms with Gasteiger partial charge in [0.15, 0.2) is 0 Å². The first-order valence-electron chi connectivity index (χ1n) is 8.56. The number of rotatable bonds is 3. The third-order valence-corrected chi connectivity index (χ3v) is 5.27. The summed E-state index contributed by atoms with van der Waals surface area (Å²) in [4.78, 5) is 0.